The Hall–Kier alpha value is -3.28. The molecule has 4 rings (SSSR count). The lowest BCUT2D eigenvalue weighted by Crippen LogP contribution is -2.50. The highest BCUT2D eigenvalue weighted by atomic mass is 35.5. The van der Waals surface area contributed by atoms with Crippen molar-refractivity contribution < 1.29 is 18.1 Å². The zero-order chi connectivity index (χ0) is 22.9. The van der Waals surface area contributed by atoms with E-state index in [1.54, 1.807) is 30.5 Å². The quantitative estimate of drug-likeness (QED) is 0.413. The predicted molar refractivity (Wildman–Crippen MR) is 116 cm³/mol. The van der Waals surface area contributed by atoms with Crippen LogP contribution in [0.2, 0.25) is 5.02 Å². The molecule has 2 aromatic carbocycles. The molecular weight excluding hydrogens is 458 g/mol. The first-order valence-electron chi connectivity index (χ1n) is 9.61. The minimum atomic E-state index is -4.07. The second-order valence-corrected chi connectivity index (χ2v) is 9.36. The minimum absolute atomic E-state index is 0.0266. The molecular formula is C20H18ClN5O5S. The zero-order valence-corrected chi connectivity index (χ0v) is 18.2. The Balaban J connectivity index is 1.47. The van der Waals surface area contributed by atoms with E-state index < -0.39 is 20.6 Å². The number of hydrogen-bond donors (Lipinski definition) is 0. The predicted octanol–water partition coefficient (Wildman–Crippen LogP) is 2.58. The molecule has 0 bridgehead atoms. The van der Waals surface area contributed by atoms with Gasteiger partial charge in [0, 0.05) is 38.4 Å². The number of amides is 1. The van der Waals surface area contributed by atoms with E-state index in [0.29, 0.717) is 16.3 Å². The summed E-state index contributed by atoms with van der Waals surface area (Å²) < 4.78 is 28.6. The maximum atomic E-state index is 12.9. The summed E-state index contributed by atoms with van der Waals surface area (Å²) in [5.74, 6) is -0.286. The van der Waals surface area contributed by atoms with Gasteiger partial charge in [0.25, 0.3) is 11.6 Å². The molecule has 1 saturated heterocycles. The summed E-state index contributed by atoms with van der Waals surface area (Å²) in [6.07, 6.45) is 3.00. The number of piperazine rings is 1. The molecule has 10 nitrogen and oxygen atoms in total. The fourth-order valence-electron chi connectivity index (χ4n) is 3.48. The number of nitro groups is 1. The lowest BCUT2D eigenvalue weighted by atomic mass is 10.2. The fraction of sp³-hybridized carbons (Fsp3) is 0.200. The molecule has 12 heteroatoms. The maximum Gasteiger partial charge on any atom is 0.289 e. The van der Waals surface area contributed by atoms with E-state index in [1.165, 1.54) is 34.0 Å². The average molecular weight is 476 g/mol. The monoisotopic (exact) mass is 475 g/mol. The summed E-state index contributed by atoms with van der Waals surface area (Å²) in [6, 6.07) is 12.3. The highest BCUT2D eigenvalue weighted by Crippen LogP contribution is 2.27. The van der Waals surface area contributed by atoms with Crippen molar-refractivity contribution in [1.29, 1.82) is 0 Å². The van der Waals surface area contributed by atoms with Crippen LogP contribution < -0.4 is 0 Å². The highest BCUT2D eigenvalue weighted by molar-refractivity contribution is 7.89. The van der Waals surface area contributed by atoms with Crippen molar-refractivity contribution in [3.8, 4) is 5.69 Å². The summed E-state index contributed by atoms with van der Waals surface area (Å²) >= 11 is 6.18. The molecule has 3 aromatic rings. The maximum absolute atomic E-state index is 12.9. The molecule has 0 saturated carbocycles. The summed E-state index contributed by atoms with van der Waals surface area (Å²) in [5, 5.41) is 15.9. The van der Waals surface area contributed by atoms with E-state index in [-0.39, 0.29) is 37.0 Å². The molecule has 2 heterocycles. The van der Waals surface area contributed by atoms with Crippen LogP contribution in [0.3, 0.4) is 0 Å². The summed E-state index contributed by atoms with van der Waals surface area (Å²) in [7, 11) is -4.07. The van der Waals surface area contributed by atoms with Gasteiger partial charge in [-0.15, -0.1) is 0 Å². The Bertz CT molecular complexity index is 1280. The largest absolute Gasteiger partial charge is 0.336 e. The lowest BCUT2D eigenvalue weighted by molar-refractivity contribution is -0.387. The van der Waals surface area contributed by atoms with Gasteiger partial charge in [0.05, 0.1) is 27.4 Å². The van der Waals surface area contributed by atoms with Gasteiger partial charge in [-0.25, -0.2) is 13.1 Å². The molecule has 0 unspecified atom stereocenters. The van der Waals surface area contributed by atoms with Gasteiger partial charge in [0.2, 0.25) is 10.0 Å². The number of hydrogen-bond acceptors (Lipinski definition) is 6. The Morgan fingerprint density at radius 3 is 2.38 bits per heavy atom. The number of carbonyl (C=O) groups is 1. The molecule has 0 aliphatic carbocycles. The number of benzene rings is 2. The molecule has 1 amide bonds. The van der Waals surface area contributed by atoms with Gasteiger partial charge in [-0.2, -0.15) is 9.40 Å². The molecule has 0 atom stereocenters. The Labute approximate surface area is 188 Å². The summed E-state index contributed by atoms with van der Waals surface area (Å²) in [6.45, 7) is 0.351. The topological polar surface area (TPSA) is 119 Å². The summed E-state index contributed by atoms with van der Waals surface area (Å²) in [5.41, 5.74) is 0.506. The van der Waals surface area contributed by atoms with Gasteiger partial charge in [0.15, 0.2) is 4.90 Å². The molecule has 0 spiro atoms. The van der Waals surface area contributed by atoms with Crippen LogP contribution in [-0.4, -0.2) is 64.4 Å². The van der Waals surface area contributed by atoms with Crippen LogP contribution >= 0.6 is 11.6 Å². The van der Waals surface area contributed by atoms with Crippen LogP contribution in [0.1, 0.15) is 10.4 Å². The third-order valence-corrected chi connectivity index (χ3v) is 7.40. The molecule has 166 valence electrons. The van der Waals surface area contributed by atoms with Gasteiger partial charge in [-0.05, 0) is 18.2 Å². The van der Waals surface area contributed by atoms with Crippen molar-refractivity contribution in [2.24, 2.45) is 0 Å². The van der Waals surface area contributed by atoms with E-state index in [2.05, 4.69) is 5.10 Å². The molecule has 0 radical (unpaired) electrons. The standard InChI is InChI=1S/C20H18ClN5O5S/c21-16-5-1-2-6-17(16)25-14-15(13-22-25)20(27)23-9-11-24(12-10-23)32(30,31)19-8-4-3-7-18(19)26(28)29/h1-8,13-14H,9-12H2. The van der Waals surface area contributed by atoms with Gasteiger partial charge < -0.3 is 4.90 Å². The zero-order valence-electron chi connectivity index (χ0n) is 16.7. The second kappa shape index (κ2) is 8.69. The molecule has 1 aromatic heterocycles. The van der Waals surface area contributed by atoms with Crippen LogP contribution in [0.4, 0.5) is 5.69 Å². The smallest absolute Gasteiger partial charge is 0.289 e. The van der Waals surface area contributed by atoms with Crippen LogP contribution in [0, 0.1) is 10.1 Å². The number of rotatable bonds is 5. The van der Waals surface area contributed by atoms with Gasteiger partial charge in [0.1, 0.15) is 0 Å². The van der Waals surface area contributed by atoms with E-state index in [9.17, 15) is 23.3 Å². The number of nitro benzene ring substituents is 1. The van der Waals surface area contributed by atoms with E-state index >= 15 is 0 Å². The van der Waals surface area contributed by atoms with Gasteiger partial charge >= 0.3 is 0 Å². The molecule has 0 N–H and O–H groups in total. The van der Waals surface area contributed by atoms with Crippen molar-refractivity contribution in [3.63, 3.8) is 0 Å². The van der Waals surface area contributed by atoms with Gasteiger partial charge in [-0.3, -0.25) is 14.9 Å². The number of aromatic nitrogens is 2. The first-order chi connectivity index (χ1) is 15.3. The third kappa shape index (κ3) is 4.09. The molecule has 1 fully saturated rings. The Morgan fingerprint density at radius 1 is 1.03 bits per heavy atom. The number of sulfonamides is 1. The van der Waals surface area contributed by atoms with Crippen molar-refractivity contribution >= 4 is 33.2 Å². The number of para-hydroxylation sites is 2. The molecule has 32 heavy (non-hydrogen) atoms. The Morgan fingerprint density at radius 2 is 1.69 bits per heavy atom. The first-order valence-corrected chi connectivity index (χ1v) is 11.4. The van der Waals surface area contributed by atoms with Crippen molar-refractivity contribution in [2.75, 3.05) is 26.2 Å². The number of carbonyl (C=O) groups excluding carboxylic acids is 1. The minimum Gasteiger partial charge on any atom is -0.336 e. The van der Waals surface area contributed by atoms with Gasteiger partial charge in [-0.1, -0.05) is 35.9 Å². The van der Waals surface area contributed by atoms with E-state index in [1.807, 2.05) is 0 Å². The third-order valence-electron chi connectivity index (χ3n) is 5.13. The van der Waals surface area contributed by atoms with Crippen molar-refractivity contribution in [2.45, 2.75) is 4.90 Å². The lowest BCUT2D eigenvalue weighted by Gasteiger charge is -2.33. The second-order valence-electron chi connectivity index (χ2n) is 7.05. The van der Waals surface area contributed by atoms with Crippen molar-refractivity contribution in [3.05, 3.63) is 81.6 Å². The fourth-order valence-corrected chi connectivity index (χ4v) is 5.28. The highest BCUT2D eigenvalue weighted by Gasteiger charge is 2.34. The average Bonchev–Trinajstić information content (AvgIpc) is 3.29. The van der Waals surface area contributed by atoms with Crippen LogP contribution in [0.5, 0.6) is 0 Å². The normalized spacial score (nSPS) is 15.0. The molecule has 1 aliphatic rings. The van der Waals surface area contributed by atoms with Crippen LogP contribution in [-0.2, 0) is 10.0 Å². The first kappa shape index (κ1) is 21.9. The summed E-state index contributed by atoms with van der Waals surface area (Å²) in [4.78, 5) is 24.6. The van der Waals surface area contributed by atoms with E-state index in [0.717, 1.165) is 10.4 Å². The molecule has 1 aliphatic heterocycles. The number of halogens is 1. The number of nitrogens with zero attached hydrogens (tertiary/aromatic N) is 5. The van der Waals surface area contributed by atoms with E-state index in [4.69, 9.17) is 11.6 Å². The van der Waals surface area contributed by atoms with Crippen LogP contribution in [0.15, 0.2) is 65.8 Å². The van der Waals surface area contributed by atoms with Crippen molar-refractivity contribution in [1.82, 2.24) is 19.0 Å². The van der Waals surface area contributed by atoms with Crippen LogP contribution in [0.25, 0.3) is 5.69 Å². The SMILES string of the molecule is O=C(c1cnn(-c2ccccc2Cl)c1)N1CCN(S(=O)(=O)c2ccccc2[N+](=O)[O-])CC1. The Kier molecular flexibility index (Phi) is 5.96.